The van der Waals surface area contributed by atoms with Gasteiger partial charge in [-0.25, -0.2) is 0 Å². The van der Waals surface area contributed by atoms with Crippen LogP contribution in [0.4, 0.5) is 13.2 Å². The monoisotopic (exact) mass is 539 g/mol. The minimum Gasteiger partial charge on any atom is -0.508 e. The number of likely N-dealkylation sites (tertiary alicyclic amines) is 1. The number of allylic oxidation sites excluding steroid dienone is 1. The second-order valence-electron chi connectivity index (χ2n) is 10.5. The number of ether oxygens (including phenoxy) is 2. The molecule has 1 fully saturated rings. The van der Waals surface area contributed by atoms with Crippen LogP contribution in [0.25, 0.3) is 11.1 Å². The van der Waals surface area contributed by atoms with E-state index in [1.807, 2.05) is 24.3 Å². The first-order valence-corrected chi connectivity index (χ1v) is 13.1. The number of phenolic OH excluding ortho intramolecular Hbond substituents is 2. The fraction of sp³-hybridized carbons (Fsp3) is 0.355. The van der Waals surface area contributed by atoms with E-state index in [-0.39, 0.29) is 23.1 Å². The summed E-state index contributed by atoms with van der Waals surface area (Å²) in [7, 11) is 0. The van der Waals surface area contributed by atoms with E-state index in [1.165, 1.54) is 24.6 Å². The van der Waals surface area contributed by atoms with E-state index in [9.17, 15) is 23.4 Å². The molecule has 0 saturated carbocycles. The predicted molar refractivity (Wildman–Crippen MR) is 144 cm³/mol. The van der Waals surface area contributed by atoms with Crippen LogP contribution < -0.4 is 9.47 Å². The van der Waals surface area contributed by atoms with E-state index in [0.29, 0.717) is 40.5 Å². The number of fused-ring (bicyclic) bond motifs is 1. The van der Waals surface area contributed by atoms with Crippen molar-refractivity contribution in [3.05, 3.63) is 82.9 Å². The Morgan fingerprint density at radius 1 is 1.08 bits per heavy atom. The van der Waals surface area contributed by atoms with E-state index in [1.54, 1.807) is 19.1 Å². The van der Waals surface area contributed by atoms with Crippen LogP contribution in [0.5, 0.6) is 23.0 Å². The lowest BCUT2D eigenvalue weighted by Crippen LogP contribution is -2.35. The van der Waals surface area contributed by atoms with Crippen molar-refractivity contribution in [1.29, 1.82) is 0 Å². The van der Waals surface area contributed by atoms with Gasteiger partial charge in [0.2, 0.25) is 0 Å². The number of rotatable bonds is 6. The highest BCUT2D eigenvalue weighted by atomic mass is 19.4. The summed E-state index contributed by atoms with van der Waals surface area (Å²) >= 11 is 0. The summed E-state index contributed by atoms with van der Waals surface area (Å²) in [5.74, 6) is 0.533. The molecule has 3 aromatic carbocycles. The van der Waals surface area contributed by atoms with Crippen molar-refractivity contribution in [2.24, 2.45) is 5.92 Å². The van der Waals surface area contributed by atoms with Gasteiger partial charge in [0.05, 0.1) is 0 Å². The van der Waals surface area contributed by atoms with Gasteiger partial charge >= 0.3 is 6.18 Å². The molecule has 2 aliphatic heterocycles. The van der Waals surface area contributed by atoms with Crippen molar-refractivity contribution in [1.82, 2.24) is 4.90 Å². The van der Waals surface area contributed by atoms with Crippen molar-refractivity contribution in [2.45, 2.75) is 45.5 Å². The van der Waals surface area contributed by atoms with Crippen LogP contribution in [0.3, 0.4) is 0 Å². The van der Waals surface area contributed by atoms with Crippen LogP contribution >= 0.6 is 0 Å². The zero-order valence-corrected chi connectivity index (χ0v) is 22.1. The number of hydrogen-bond donors (Lipinski definition) is 2. The third kappa shape index (κ3) is 5.43. The second-order valence-corrected chi connectivity index (χ2v) is 10.5. The van der Waals surface area contributed by atoms with Crippen LogP contribution in [0.15, 0.2) is 60.7 Å². The van der Waals surface area contributed by atoms with E-state index < -0.39 is 23.6 Å². The Hall–Kier alpha value is -3.65. The minimum atomic E-state index is -4.79. The number of benzene rings is 3. The van der Waals surface area contributed by atoms with Gasteiger partial charge in [-0.1, -0.05) is 31.2 Å². The van der Waals surface area contributed by atoms with E-state index in [2.05, 4.69) is 18.7 Å². The number of phenols is 2. The van der Waals surface area contributed by atoms with Gasteiger partial charge in [-0.3, -0.25) is 4.90 Å². The van der Waals surface area contributed by atoms with Crippen molar-refractivity contribution in [2.75, 3.05) is 19.7 Å². The third-order valence-electron chi connectivity index (χ3n) is 7.62. The number of aromatic hydroxyl groups is 2. The molecule has 2 aliphatic rings. The van der Waals surface area contributed by atoms with Gasteiger partial charge in [0, 0.05) is 23.7 Å². The maximum atomic E-state index is 14.0. The maximum Gasteiger partial charge on any atom is 0.420 e. The smallest absolute Gasteiger partial charge is 0.420 e. The van der Waals surface area contributed by atoms with Gasteiger partial charge in [-0.15, -0.1) is 0 Å². The standard InChI is InChI=1S/C31H32F3NO4/c1-18-13-14-35(16-18)19(2)17-38-24-9-7-21(8-10-24)30-27(22-5-4-6-23(36)15-22)20(3)28-26(39-30)12-11-25(37)29(28)31(32,33)34/h4-12,15,18-19,30,36-37H,13-14,16-17H2,1-3H3. The topological polar surface area (TPSA) is 62.2 Å². The number of alkyl halides is 3. The minimum absolute atomic E-state index is 0.0189. The lowest BCUT2D eigenvalue weighted by atomic mass is 9.84. The molecule has 3 aromatic rings. The molecule has 0 amide bonds. The normalized spacial score (nSPS) is 20.5. The summed E-state index contributed by atoms with van der Waals surface area (Å²) in [4.78, 5) is 2.43. The molecule has 0 radical (unpaired) electrons. The molecular formula is C31H32F3NO4. The van der Waals surface area contributed by atoms with Crippen molar-refractivity contribution < 1.29 is 32.9 Å². The average Bonchev–Trinajstić information content (AvgIpc) is 3.33. The average molecular weight is 540 g/mol. The third-order valence-corrected chi connectivity index (χ3v) is 7.62. The molecule has 5 nitrogen and oxygen atoms in total. The maximum absolute atomic E-state index is 14.0. The molecule has 5 rings (SSSR count). The van der Waals surface area contributed by atoms with Crippen LogP contribution in [0, 0.1) is 5.92 Å². The molecule has 0 bridgehead atoms. The van der Waals surface area contributed by atoms with Crippen molar-refractivity contribution >= 4 is 11.1 Å². The predicted octanol–water partition coefficient (Wildman–Crippen LogP) is 7.29. The molecule has 8 heteroatoms. The largest absolute Gasteiger partial charge is 0.508 e. The Morgan fingerprint density at radius 3 is 2.46 bits per heavy atom. The zero-order valence-electron chi connectivity index (χ0n) is 22.1. The molecule has 0 aromatic heterocycles. The number of halogens is 3. The molecule has 3 atom stereocenters. The molecule has 2 N–H and O–H groups in total. The molecule has 0 spiro atoms. The molecule has 3 unspecified atom stereocenters. The Balaban J connectivity index is 1.49. The van der Waals surface area contributed by atoms with Crippen LogP contribution in [-0.4, -0.2) is 40.9 Å². The van der Waals surface area contributed by atoms with E-state index >= 15 is 0 Å². The summed E-state index contributed by atoms with van der Waals surface area (Å²) in [5, 5.41) is 20.3. The Labute approximate surface area is 226 Å². The Kier molecular flexibility index (Phi) is 7.25. The van der Waals surface area contributed by atoms with Crippen molar-refractivity contribution in [3.8, 4) is 23.0 Å². The van der Waals surface area contributed by atoms with E-state index in [4.69, 9.17) is 9.47 Å². The highest BCUT2D eigenvalue weighted by Gasteiger charge is 2.41. The van der Waals surface area contributed by atoms with Gasteiger partial charge < -0.3 is 19.7 Å². The number of nitrogens with zero attached hydrogens (tertiary/aromatic N) is 1. The first-order chi connectivity index (χ1) is 18.5. The Morgan fingerprint density at radius 2 is 1.82 bits per heavy atom. The summed E-state index contributed by atoms with van der Waals surface area (Å²) in [6.07, 6.45) is -4.34. The van der Waals surface area contributed by atoms with Gasteiger partial charge in [-0.2, -0.15) is 13.2 Å². The van der Waals surface area contributed by atoms with Gasteiger partial charge in [0.25, 0.3) is 0 Å². The van der Waals surface area contributed by atoms with Crippen LogP contribution in [0.1, 0.15) is 55.5 Å². The van der Waals surface area contributed by atoms with Crippen LogP contribution in [-0.2, 0) is 6.18 Å². The quantitative estimate of drug-likeness (QED) is 0.345. The first kappa shape index (κ1) is 26.9. The molecule has 206 valence electrons. The summed E-state index contributed by atoms with van der Waals surface area (Å²) < 4.78 is 54.3. The molecule has 2 heterocycles. The zero-order chi connectivity index (χ0) is 27.9. The van der Waals surface area contributed by atoms with Gasteiger partial charge in [0.15, 0.2) is 0 Å². The van der Waals surface area contributed by atoms with Gasteiger partial charge in [-0.05, 0) is 85.8 Å². The molecular weight excluding hydrogens is 507 g/mol. The summed E-state index contributed by atoms with van der Waals surface area (Å²) in [5.41, 5.74) is 0.674. The summed E-state index contributed by atoms with van der Waals surface area (Å²) in [6, 6.07) is 16.3. The molecule has 0 aliphatic carbocycles. The lowest BCUT2D eigenvalue weighted by molar-refractivity contribution is -0.139. The van der Waals surface area contributed by atoms with Gasteiger partial charge in [0.1, 0.15) is 41.3 Å². The van der Waals surface area contributed by atoms with E-state index in [0.717, 1.165) is 19.2 Å². The highest BCUT2D eigenvalue weighted by Crippen LogP contribution is 2.52. The fourth-order valence-electron chi connectivity index (χ4n) is 5.55. The van der Waals surface area contributed by atoms with Crippen LogP contribution in [0.2, 0.25) is 0 Å². The second kappa shape index (κ2) is 10.5. The molecule has 1 saturated heterocycles. The number of hydrogen-bond acceptors (Lipinski definition) is 5. The summed E-state index contributed by atoms with van der Waals surface area (Å²) in [6.45, 7) is 8.69. The molecule has 39 heavy (non-hydrogen) atoms. The fourth-order valence-corrected chi connectivity index (χ4v) is 5.55. The SMILES string of the molecule is CC1=C(c2cccc(O)c2)C(c2ccc(OCC(C)N3CCC(C)C3)cc2)Oc2ccc(O)c(C(F)(F)F)c21. The van der Waals surface area contributed by atoms with Crippen molar-refractivity contribution in [3.63, 3.8) is 0 Å². The first-order valence-electron chi connectivity index (χ1n) is 13.1. The lowest BCUT2D eigenvalue weighted by Gasteiger charge is -2.33. The Bertz CT molecular complexity index is 1380. The highest BCUT2D eigenvalue weighted by molar-refractivity contribution is 5.97.